The lowest BCUT2D eigenvalue weighted by Gasteiger charge is -2.32. The first-order valence-corrected chi connectivity index (χ1v) is 11.5. The summed E-state index contributed by atoms with van der Waals surface area (Å²) in [6, 6.07) is 5.42. The van der Waals surface area contributed by atoms with Crippen molar-refractivity contribution in [1.29, 1.82) is 0 Å². The van der Waals surface area contributed by atoms with Crippen LogP contribution in [0.4, 0.5) is 0 Å². The fraction of sp³-hybridized carbons (Fsp3) is 0.588. The van der Waals surface area contributed by atoms with Crippen molar-refractivity contribution in [3.05, 3.63) is 23.8 Å². The van der Waals surface area contributed by atoms with E-state index >= 15 is 0 Å². The zero-order chi connectivity index (χ0) is 18.3. The van der Waals surface area contributed by atoms with Crippen molar-refractivity contribution in [2.24, 2.45) is 0 Å². The van der Waals surface area contributed by atoms with E-state index in [0.717, 1.165) is 5.46 Å². The third-order valence-corrected chi connectivity index (χ3v) is 5.18. The SMILES string of the molecule is COC(=O)c1cc(B2OC(C)(C)C(C)(C)O2)ccc1O[Si](C)(C)C. The Balaban J connectivity index is 2.39. The number of hydrogen-bond acceptors (Lipinski definition) is 5. The number of esters is 1. The Bertz CT molecular complexity index is 620. The highest BCUT2D eigenvalue weighted by Gasteiger charge is 2.51. The van der Waals surface area contributed by atoms with Gasteiger partial charge in [-0.25, -0.2) is 4.79 Å². The minimum Gasteiger partial charge on any atom is -0.544 e. The Hall–Kier alpha value is -1.31. The third kappa shape index (κ3) is 3.84. The second-order valence-corrected chi connectivity index (χ2v) is 12.5. The molecule has 0 spiro atoms. The second kappa shape index (κ2) is 6.20. The quantitative estimate of drug-likeness (QED) is 0.617. The van der Waals surface area contributed by atoms with Crippen molar-refractivity contribution in [3.63, 3.8) is 0 Å². The first-order chi connectivity index (χ1) is 10.9. The number of carbonyl (C=O) groups is 1. The molecule has 132 valence electrons. The van der Waals surface area contributed by atoms with Gasteiger partial charge in [-0.3, -0.25) is 0 Å². The van der Waals surface area contributed by atoms with E-state index in [9.17, 15) is 4.79 Å². The summed E-state index contributed by atoms with van der Waals surface area (Å²) >= 11 is 0. The van der Waals surface area contributed by atoms with E-state index in [1.807, 2.05) is 33.8 Å². The van der Waals surface area contributed by atoms with Crippen molar-refractivity contribution in [1.82, 2.24) is 0 Å². The van der Waals surface area contributed by atoms with E-state index in [1.54, 1.807) is 12.1 Å². The highest BCUT2D eigenvalue weighted by Crippen LogP contribution is 2.36. The largest absolute Gasteiger partial charge is 0.544 e. The van der Waals surface area contributed by atoms with Crippen LogP contribution in [0.2, 0.25) is 19.6 Å². The molecule has 0 amide bonds. The molecule has 0 aromatic heterocycles. The summed E-state index contributed by atoms with van der Waals surface area (Å²) in [5.41, 5.74) is 0.303. The van der Waals surface area contributed by atoms with E-state index in [2.05, 4.69) is 19.6 Å². The molecule has 0 aliphatic carbocycles. The van der Waals surface area contributed by atoms with Crippen molar-refractivity contribution in [2.45, 2.75) is 58.5 Å². The molecule has 1 aromatic carbocycles. The van der Waals surface area contributed by atoms with Gasteiger partial charge in [-0.15, -0.1) is 0 Å². The summed E-state index contributed by atoms with van der Waals surface area (Å²) < 4.78 is 23.0. The third-order valence-electron chi connectivity index (χ3n) is 4.35. The number of methoxy groups -OCH3 is 1. The maximum Gasteiger partial charge on any atom is 0.494 e. The second-order valence-electron chi connectivity index (χ2n) is 8.05. The van der Waals surface area contributed by atoms with Gasteiger partial charge >= 0.3 is 13.1 Å². The van der Waals surface area contributed by atoms with E-state index < -0.39 is 32.6 Å². The zero-order valence-corrected chi connectivity index (χ0v) is 16.9. The van der Waals surface area contributed by atoms with E-state index in [-0.39, 0.29) is 0 Å². The highest BCUT2D eigenvalue weighted by atomic mass is 28.4. The first kappa shape index (κ1) is 19.0. The summed E-state index contributed by atoms with van der Waals surface area (Å²) in [6.45, 7) is 14.2. The molecule has 1 aliphatic rings. The van der Waals surface area contributed by atoms with Crippen molar-refractivity contribution < 1.29 is 23.3 Å². The summed E-state index contributed by atoms with van der Waals surface area (Å²) in [7, 11) is -1.02. The molecule has 7 heteroatoms. The van der Waals surface area contributed by atoms with Gasteiger partial charge in [-0.2, -0.15) is 0 Å². The van der Waals surface area contributed by atoms with Crippen LogP contribution < -0.4 is 9.89 Å². The fourth-order valence-corrected chi connectivity index (χ4v) is 3.20. The normalized spacial score (nSPS) is 19.2. The van der Waals surface area contributed by atoms with Crippen molar-refractivity contribution >= 4 is 26.9 Å². The van der Waals surface area contributed by atoms with Crippen LogP contribution in [0.3, 0.4) is 0 Å². The predicted molar refractivity (Wildman–Crippen MR) is 97.5 cm³/mol. The summed E-state index contributed by atoms with van der Waals surface area (Å²) in [6.07, 6.45) is 0. The molecule has 0 atom stereocenters. The topological polar surface area (TPSA) is 54.0 Å². The monoisotopic (exact) mass is 350 g/mol. The minimum absolute atomic E-state index is 0.395. The lowest BCUT2D eigenvalue weighted by atomic mass is 9.78. The van der Waals surface area contributed by atoms with Gasteiger partial charge < -0.3 is 18.5 Å². The summed E-state index contributed by atoms with van der Waals surface area (Å²) in [4.78, 5) is 12.2. The van der Waals surface area contributed by atoms with E-state index in [4.69, 9.17) is 18.5 Å². The van der Waals surface area contributed by atoms with Crippen LogP contribution in [0.1, 0.15) is 38.1 Å². The molecule has 24 heavy (non-hydrogen) atoms. The van der Waals surface area contributed by atoms with Gasteiger partial charge in [0.15, 0.2) is 0 Å². The Morgan fingerprint density at radius 3 is 2.08 bits per heavy atom. The standard InChI is InChI=1S/C17H27BO5Si/c1-16(2)17(3,4)23-18(22-16)12-9-10-14(21-24(6,7)8)13(11-12)15(19)20-5/h9-11H,1-8H3. The molecule has 1 fully saturated rings. The smallest absolute Gasteiger partial charge is 0.494 e. The molecule has 0 bridgehead atoms. The van der Waals surface area contributed by atoms with Crippen LogP contribution in [0, 0.1) is 0 Å². The van der Waals surface area contributed by atoms with Crippen LogP contribution in [-0.2, 0) is 14.0 Å². The molecular weight excluding hydrogens is 323 g/mol. The van der Waals surface area contributed by atoms with Gasteiger partial charge in [-0.05, 0) is 64.9 Å². The molecule has 5 nitrogen and oxygen atoms in total. The van der Waals surface area contributed by atoms with Crippen LogP contribution in [-0.4, -0.2) is 39.7 Å². The lowest BCUT2D eigenvalue weighted by Crippen LogP contribution is -2.41. The van der Waals surface area contributed by atoms with Crippen molar-refractivity contribution in [2.75, 3.05) is 7.11 Å². The van der Waals surface area contributed by atoms with Gasteiger partial charge in [0.1, 0.15) is 5.75 Å². The molecule has 1 saturated heterocycles. The van der Waals surface area contributed by atoms with Crippen LogP contribution in [0.15, 0.2) is 18.2 Å². The zero-order valence-electron chi connectivity index (χ0n) is 15.9. The molecule has 0 unspecified atom stereocenters. The number of rotatable bonds is 4. The number of hydrogen-bond donors (Lipinski definition) is 0. The number of ether oxygens (including phenoxy) is 1. The molecular formula is C17H27BO5Si. The summed E-state index contributed by atoms with van der Waals surface area (Å²) in [5, 5.41) is 0. The van der Waals surface area contributed by atoms with E-state index in [0.29, 0.717) is 11.3 Å². The highest BCUT2D eigenvalue weighted by molar-refractivity contribution is 6.70. The molecule has 0 radical (unpaired) electrons. The number of carbonyl (C=O) groups excluding carboxylic acids is 1. The molecule has 1 heterocycles. The van der Waals surface area contributed by atoms with Gasteiger partial charge in [0.2, 0.25) is 8.32 Å². The van der Waals surface area contributed by atoms with Crippen LogP contribution in [0.25, 0.3) is 0 Å². The fourth-order valence-electron chi connectivity index (χ4n) is 2.36. The first-order valence-electron chi connectivity index (χ1n) is 8.13. The maximum atomic E-state index is 12.2. The van der Waals surface area contributed by atoms with Crippen LogP contribution >= 0.6 is 0 Å². The Labute approximate surface area is 145 Å². The molecule has 2 rings (SSSR count). The van der Waals surface area contributed by atoms with Gasteiger partial charge in [0.25, 0.3) is 0 Å². The van der Waals surface area contributed by atoms with Crippen molar-refractivity contribution in [3.8, 4) is 5.75 Å². The molecule has 1 aromatic rings. The predicted octanol–water partition coefficient (Wildman–Crippen LogP) is 2.99. The van der Waals surface area contributed by atoms with Gasteiger partial charge in [-0.1, -0.05) is 6.07 Å². The van der Waals surface area contributed by atoms with Gasteiger partial charge in [0.05, 0.1) is 23.9 Å². The maximum absolute atomic E-state index is 12.2. The Morgan fingerprint density at radius 1 is 1.08 bits per heavy atom. The average molecular weight is 350 g/mol. The Kier molecular flexibility index (Phi) is 4.92. The number of benzene rings is 1. The lowest BCUT2D eigenvalue weighted by molar-refractivity contribution is 0.00578. The Morgan fingerprint density at radius 2 is 1.62 bits per heavy atom. The molecule has 1 aliphatic heterocycles. The average Bonchev–Trinajstić information content (AvgIpc) is 2.65. The van der Waals surface area contributed by atoms with Crippen LogP contribution in [0.5, 0.6) is 5.75 Å². The minimum atomic E-state index is -1.85. The molecule has 0 N–H and O–H groups in total. The van der Waals surface area contributed by atoms with E-state index in [1.165, 1.54) is 7.11 Å². The van der Waals surface area contributed by atoms with Gasteiger partial charge in [0, 0.05) is 0 Å². The summed E-state index contributed by atoms with van der Waals surface area (Å²) in [5.74, 6) is 0.114. The molecule has 0 saturated carbocycles.